The third-order valence-electron chi connectivity index (χ3n) is 6.10. The smallest absolute Gasteiger partial charge is 0.335 e. The number of rotatable bonds is 8. The van der Waals surface area contributed by atoms with Crippen molar-refractivity contribution in [2.24, 2.45) is 0 Å². The van der Waals surface area contributed by atoms with Crippen molar-refractivity contribution in [3.63, 3.8) is 0 Å². The molecule has 2 N–H and O–H groups in total. The van der Waals surface area contributed by atoms with Gasteiger partial charge < -0.3 is 15.2 Å². The van der Waals surface area contributed by atoms with Gasteiger partial charge in [0.2, 0.25) is 5.91 Å². The van der Waals surface area contributed by atoms with Gasteiger partial charge in [-0.15, -0.1) is 12.4 Å². The van der Waals surface area contributed by atoms with E-state index in [1.807, 2.05) is 42.5 Å². The molecule has 2 fully saturated rings. The van der Waals surface area contributed by atoms with Gasteiger partial charge in [-0.2, -0.15) is 0 Å². The SMILES string of the molecule is Cl.O=C(O)c1ccc(C2(NC(=O)[C@H]3CCCCN3CCOc3ccccc3)CC2)cc1. The fourth-order valence-corrected chi connectivity index (χ4v) is 4.21. The lowest BCUT2D eigenvalue weighted by molar-refractivity contribution is -0.128. The zero-order valence-electron chi connectivity index (χ0n) is 17.5. The minimum atomic E-state index is -0.939. The molecule has 1 heterocycles. The average Bonchev–Trinajstić information content (AvgIpc) is 3.55. The van der Waals surface area contributed by atoms with Crippen molar-refractivity contribution in [1.82, 2.24) is 10.2 Å². The minimum Gasteiger partial charge on any atom is -0.492 e. The van der Waals surface area contributed by atoms with Crippen LogP contribution in [0.3, 0.4) is 0 Å². The summed E-state index contributed by atoms with van der Waals surface area (Å²) in [5.41, 5.74) is 0.894. The summed E-state index contributed by atoms with van der Waals surface area (Å²) in [5.74, 6) is -0.0301. The third kappa shape index (κ3) is 5.57. The molecule has 2 aliphatic rings. The van der Waals surface area contributed by atoms with Crippen molar-refractivity contribution in [2.75, 3.05) is 19.7 Å². The van der Waals surface area contributed by atoms with E-state index in [1.165, 1.54) is 0 Å². The number of carboxylic acids is 1. The standard InChI is InChI=1S/C24H28N2O4.ClH/c27-22(25-24(13-14-24)19-11-9-18(10-12-19)23(28)29)21-8-4-5-15-26(21)16-17-30-20-6-2-1-3-7-20;/h1-3,6-7,9-12,21H,4-5,8,13-17H2,(H,25,27)(H,28,29);1H/t21-;/m1./s1. The lowest BCUT2D eigenvalue weighted by Crippen LogP contribution is -2.52. The molecule has 166 valence electrons. The Morgan fingerprint density at radius 1 is 1.06 bits per heavy atom. The predicted octanol–water partition coefficient (Wildman–Crippen LogP) is 3.85. The van der Waals surface area contributed by atoms with Gasteiger partial charge in [-0.25, -0.2) is 4.79 Å². The van der Waals surface area contributed by atoms with Gasteiger partial charge in [0.25, 0.3) is 0 Å². The van der Waals surface area contributed by atoms with E-state index in [4.69, 9.17) is 9.84 Å². The number of hydrogen-bond acceptors (Lipinski definition) is 4. The number of carboxylic acid groups (broad SMARTS) is 1. The Hall–Kier alpha value is -2.57. The molecule has 31 heavy (non-hydrogen) atoms. The van der Waals surface area contributed by atoms with Crippen LogP contribution in [0.25, 0.3) is 0 Å². The zero-order valence-corrected chi connectivity index (χ0v) is 18.3. The molecule has 1 aliphatic heterocycles. The Bertz CT molecular complexity index is 884. The van der Waals surface area contributed by atoms with Crippen LogP contribution in [0.4, 0.5) is 0 Å². The molecule has 7 heteroatoms. The van der Waals surface area contributed by atoms with E-state index in [-0.39, 0.29) is 35.5 Å². The molecule has 4 rings (SSSR count). The monoisotopic (exact) mass is 444 g/mol. The molecule has 1 aliphatic carbocycles. The van der Waals surface area contributed by atoms with Crippen LogP contribution >= 0.6 is 12.4 Å². The molecule has 1 amide bonds. The van der Waals surface area contributed by atoms with E-state index in [0.29, 0.717) is 13.2 Å². The molecule has 0 radical (unpaired) electrons. The number of benzene rings is 2. The summed E-state index contributed by atoms with van der Waals surface area (Å²) in [4.78, 5) is 26.5. The van der Waals surface area contributed by atoms with Crippen LogP contribution in [-0.2, 0) is 10.3 Å². The third-order valence-corrected chi connectivity index (χ3v) is 6.10. The van der Waals surface area contributed by atoms with Gasteiger partial charge in [-0.05, 0) is 62.1 Å². The second-order valence-electron chi connectivity index (χ2n) is 8.16. The van der Waals surface area contributed by atoms with E-state index >= 15 is 0 Å². The van der Waals surface area contributed by atoms with Crippen LogP contribution in [0.15, 0.2) is 54.6 Å². The number of carbonyl (C=O) groups excluding carboxylic acids is 1. The summed E-state index contributed by atoms with van der Waals surface area (Å²) in [5, 5.41) is 12.4. The molecule has 1 saturated heterocycles. The lowest BCUT2D eigenvalue weighted by Gasteiger charge is -2.35. The first-order chi connectivity index (χ1) is 14.6. The molecule has 1 saturated carbocycles. The maximum absolute atomic E-state index is 13.2. The number of carbonyl (C=O) groups is 2. The highest BCUT2D eigenvalue weighted by Crippen LogP contribution is 2.45. The van der Waals surface area contributed by atoms with Gasteiger partial charge in [0, 0.05) is 6.54 Å². The Morgan fingerprint density at radius 3 is 2.42 bits per heavy atom. The summed E-state index contributed by atoms with van der Waals surface area (Å²) in [6.07, 6.45) is 4.76. The predicted molar refractivity (Wildman–Crippen MR) is 121 cm³/mol. The summed E-state index contributed by atoms with van der Waals surface area (Å²) in [7, 11) is 0. The number of aromatic carboxylic acids is 1. The van der Waals surface area contributed by atoms with Gasteiger partial charge >= 0.3 is 5.97 Å². The molecular weight excluding hydrogens is 416 g/mol. The molecule has 2 aromatic carbocycles. The van der Waals surface area contributed by atoms with E-state index < -0.39 is 5.97 Å². The van der Waals surface area contributed by atoms with Gasteiger partial charge in [0.05, 0.1) is 17.1 Å². The van der Waals surface area contributed by atoms with Crippen molar-refractivity contribution < 1.29 is 19.4 Å². The average molecular weight is 445 g/mol. The van der Waals surface area contributed by atoms with Crippen molar-refractivity contribution in [3.05, 3.63) is 65.7 Å². The number of nitrogens with zero attached hydrogens (tertiary/aromatic N) is 1. The van der Waals surface area contributed by atoms with Gasteiger partial charge in [0.15, 0.2) is 0 Å². The molecule has 0 aromatic heterocycles. The molecular formula is C24H29ClN2O4. The maximum Gasteiger partial charge on any atom is 0.335 e. The topological polar surface area (TPSA) is 78.9 Å². The highest BCUT2D eigenvalue weighted by Gasteiger charge is 2.47. The second-order valence-corrected chi connectivity index (χ2v) is 8.16. The molecule has 6 nitrogen and oxygen atoms in total. The van der Waals surface area contributed by atoms with Crippen molar-refractivity contribution in [1.29, 1.82) is 0 Å². The molecule has 0 spiro atoms. The van der Waals surface area contributed by atoms with Gasteiger partial charge in [-0.3, -0.25) is 9.69 Å². The van der Waals surface area contributed by atoms with Crippen LogP contribution in [0, 0.1) is 0 Å². The van der Waals surface area contributed by atoms with Gasteiger partial charge in [0.1, 0.15) is 12.4 Å². The van der Waals surface area contributed by atoms with E-state index in [0.717, 1.165) is 50.0 Å². The first kappa shape index (κ1) is 23.1. The first-order valence-electron chi connectivity index (χ1n) is 10.7. The molecule has 1 atom stereocenters. The Kier molecular flexibility index (Phi) is 7.57. The Balaban J connectivity index is 0.00000272. The number of likely N-dealkylation sites (tertiary alicyclic amines) is 1. The number of piperidine rings is 1. The fourth-order valence-electron chi connectivity index (χ4n) is 4.21. The highest BCUT2D eigenvalue weighted by atomic mass is 35.5. The van der Waals surface area contributed by atoms with Crippen LogP contribution in [0.5, 0.6) is 5.75 Å². The van der Waals surface area contributed by atoms with E-state index in [9.17, 15) is 9.59 Å². The normalized spacial score (nSPS) is 19.7. The van der Waals surface area contributed by atoms with Crippen LogP contribution in [0.2, 0.25) is 0 Å². The first-order valence-corrected chi connectivity index (χ1v) is 10.7. The summed E-state index contributed by atoms with van der Waals surface area (Å²) >= 11 is 0. The second kappa shape index (κ2) is 10.2. The highest BCUT2D eigenvalue weighted by molar-refractivity contribution is 5.87. The fraction of sp³-hybridized carbons (Fsp3) is 0.417. The summed E-state index contributed by atoms with van der Waals surface area (Å²) in [6, 6.07) is 16.4. The summed E-state index contributed by atoms with van der Waals surface area (Å²) in [6.45, 7) is 2.17. The number of para-hydroxylation sites is 1. The van der Waals surface area contributed by atoms with Crippen molar-refractivity contribution in [2.45, 2.75) is 43.7 Å². The number of ether oxygens (including phenoxy) is 1. The number of halogens is 1. The lowest BCUT2D eigenvalue weighted by atomic mass is 9.99. The van der Waals surface area contributed by atoms with Crippen molar-refractivity contribution >= 4 is 24.3 Å². The molecule has 2 aromatic rings. The van der Waals surface area contributed by atoms with Crippen LogP contribution in [0.1, 0.15) is 48.0 Å². The van der Waals surface area contributed by atoms with Crippen LogP contribution < -0.4 is 10.1 Å². The van der Waals surface area contributed by atoms with Gasteiger partial charge in [-0.1, -0.05) is 36.8 Å². The summed E-state index contributed by atoms with van der Waals surface area (Å²) < 4.78 is 5.83. The maximum atomic E-state index is 13.2. The number of amides is 1. The van der Waals surface area contributed by atoms with E-state index in [2.05, 4.69) is 10.2 Å². The van der Waals surface area contributed by atoms with E-state index in [1.54, 1.807) is 12.1 Å². The quantitative estimate of drug-likeness (QED) is 0.646. The number of nitrogens with one attached hydrogen (secondary N) is 1. The van der Waals surface area contributed by atoms with Crippen LogP contribution in [-0.4, -0.2) is 47.6 Å². The minimum absolute atomic E-state index is 0. The molecule has 0 unspecified atom stereocenters. The Morgan fingerprint density at radius 2 is 1.77 bits per heavy atom. The number of hydrogen-bond donors (Lipinski definition) is 2. The molecule has 0 bridgehead atoms. The zero-order chi connectivity index (χ0) is 21.0. The van der Waals surface area contributed by atoms with Crippen molar-refractivity contribution in [3.8, 4) is 5.75 Å². The Labute approximate surface area is 189 Å². The largest absolute Gasteiger partial charge is 0.492 e.